The summed E-state index contributed by atoms with van der Waals surface area (Å²) in [6.07, 6.45) is 2.20. The maximum atomic E-state index is 11.6. The Hall–Kier alpha value is -1.10. The lowest BCUT2D eigenvalue weighted by molar-refractivity contribution is -0.131. The lowest BCUT2D eigenvalue weighted by atomic mass is 9.96. The van der Waals surface area contributed by atoms with Crippen molar-refractivity contribution in [2.24, 2.45) is 11.3 Å². The molecule has 1 atom stereocenters. The van der Waals surface area contributed by atoms with E-state index in [1.54, 1.807) is 0 Å². The number of nitrogens with one attached hydrogen (secondary N) is 3. The van der Waals surface area contributed by atoms with Gasteiger partial charge in [0.1, 0.15) is 0 Å². The summed E-state index contributed by atoms with van der Waals surface area (Å²) >= 11 is 0. The van der Waals surface area contributed by atoms with Gasteiger partial charge < -0.3 is 16.0 Å². The second-order valence-electron chi connectivity index (χ2n) is 5.93. The smallest absolute Gasteiger partial charge is 0.239 e. The van der Waals surface area contributed by atoms with Crippen molar-refractivity contribution in [2.45, 2.75) is 33.6 Å². The van der Waals surface area contributed by atoms with Gasteiger partial charge in [-0.25, -0.2) is 0 Å². The fourth-order valence-corrected chi connectivity index (χ4v) is 1.86. The number of carbonyl (C=O) groups excluding carboxylic acids is 2. The van der Waals surface area contributed by atoms with Crippen molar-refractivity contribution >= 4 is 11.8 Å². The first-order valence-electron chi connectivity index (χ1n) is 6.65. The Kier molecular flexibility index (Phi) is 5.59. The molecule has 18 heavy (non-hydrogen) atoms. The zero-order valence-electron chi connectivity index (χ0n) is 11.6. The summed E-state index contributed by atoms with van der Waals surface area (Å²) in [7, 11) is 0. The number of amides is 2. The highest BCUT2D eigenvalue weighted by Crippen LogP contribution is 2.12. The predicted molar refractivity (Wildman–Crippen MR) is 71.1 cm³/mol. The van der Waals surface area contributed by atoms with Crippen molar-refractivity contribution in [1.29, 1.82) is 0 Å². The zero-order valence-corrected chi connectivity index (χ0v) is 11.6. The van der Waals surface area contributed by atoms with Crippen molar-refractivity contribution in [3.63, 3.8) is 0 Å². The normalized spacial score (nSPS) is 19.6. The van der Waals surface area contributed by atoms with E-state index >= 15 is 0 Å². The molecule has 1 rings (SSSR count). The van der Waals surface area contributed by atoms with Crippen LogP contribution < -0.4 is 16.0 Å². The molecule has 0 aliphatic carbocycles. The second kappa shape index (κ2) is 6.73. The lowest BCUT2D eigenvalue weighted by Gasteiger charge is -2.17. The first kappa shape index (κ1) is 15.0. The molecule has 0 radical (unpaired) electrons. The van der Waals surface area contributed by atoms with Gasteiger partial charge in [0.15, 0.2) is 0 Å². The van der Waals surface area contributed by atoms with Crippen LogP contribution in [-0.4, -0.2) is 38.0 Å². The van der Waals surface area contributed by atoms with E-state index in [0.29, 0.717) is 12.5 Å². The Labute approximate surface area is 109 Å². The Balaban J connectivity index is 2.08. The van der Waals surface area contributed by atoms with E-state index in [4.69, 9.17) is 0 Å². The number of rotatable bonds is 5. The van der Waals surface area contributed by atoms with Crippen molar-refractivity contribution < 1.29 is 9.59 Å². The lowest BCUT2D eigenvalue weighted by Crippen LogP contribution is -2.42. The first-order valence-corrected chi connectivity index (χ1v) is 6.65. The van der Waals surface area contributed by atoms with Crippen LogP contribution in [0.2, 0.25) is 0 Å². The minimum Gasteiger partial charge on any atom is -0.355 e. The zero-order chi connectivity index (χ0) is 13.6. The average Bonchev–Trinajstić information content (AvgIpc) is 2.77. The van der Waals surface area contributed by atoms with E-state index in [9.17, 15) is 9.59 Å². The summed E-state index contributed by atoms with van der Waals surface area (Å²) in [5.41, 5.74) is -0.449. The van der Waals surface area contributed by atoms with E-state index < -0.39 is 5.41 Å². The molecule has 0 saturated carbocycles. The van der Waals surface area contributed by atoms with Gasteiger partial charge in [-0.15, -0.1) is 0 Å². The minimum atomic E-state index is -0.449. The monoisotopic (exact) mass is 255 g/mol. The Bertz CT molecular complexity index is 291. The van der Waals surface area contributed by atoms with E-state index in [1.807, 2.05) is 20.8 Å². The third-order valence-electron chi connectivity index (χ3n) is 3.13. The van der Waals surface area contributed by atoms with Gasteiger partial charge in [0.2, 0.25) is 11.8 Å². The summed E-state index contributed by atoms with van der Waals surface area (Å²) in [6, 6.07) is 0. The van der Waals surface area contributed by atoms with Gasteiger partial charge >= 0.3 is 0 Å². The summed E-state index contributed by atoms with van der Waals surface area (Å²) in [4.78, 5) is 23.1. The molecule has 1 heterocycles. The SMILES string of the molecule is CC(C)(C)C(=O)NCC(=O)NCCC1CCNC1. The van der Waals surface area contributed by atoms with Crippen LogP contribution in [0.5, 0.6) is 0 Å². The Morgan fingerprint density at radius 3 is 2.56 bits per heavy atom. The largest absolute Gasteiger partial charge is 0.355 e. The summed E-state index contributed by atoms with van der Waals surface area (Å²) in [6.45, 7) is 8.38. The number of carbonyl (C=O) groups is 2. The highest BCUT2D eigenvalue weighted by Gasteiger charge is 2.21. The van der Waals surface area contributed by atoms with Crippen LogP contribution in [0.25, 0.3) is 0 Å². The summed E-state index contributed by atoms with van der Waals surface area (Å²) < 4.78 is 0. The van der Waals surface area contributed by atoms with Gasteiger partial charge in [-0.1, -0.05) is 20.8 Å². The molecule has 0 aromatic heterocycles. The van der Waals surface area contributed by atoms with Crippen molar-refractivity contribution in [3.8, 4) is 0 Å². The molecule has 1 unspecified atom stereocenters. The number of hydrogen-bond acceptors (Lipinski definition) is 3. The maximum Gasteiger partial charge on any atom is 0.239 e. The molecule has 5 nitrogen and oxygen atoms in total. The standard InChI is InChI=1S/C13H25N3O2/c1-13(2,3)12(18)16-9-11(17)15-7-5-10-4-6-14-8-10/h10,14H,4-9H2,1-3H3,(H,15,17)(H,16,18). The molecule has 0 spiro atoms. The van der Waals surface area contributed by atoms with Gasteiger partial charge in [0.05, 0.1) is 6.54 Å². The van der Waals surface area contributed by atoms with Gasteiger partial charge in [-0.2, -0.15) is 0 Å². The summed E-state index contributed by atoms with van der Waals surface area (Å²) in [5.74, 6) is 0.464. The van der Waals surface area contributed by atoms with Crippen LogP contribution in [0.1, 0.15) is 33.6 Å². The van der Waals surface area contributed by atoms with E-state index in [-0.39, 0.29) is 18.4 Å². The molecule has 1 saturated heterocycles. The fraction of sp³-hybridized carbons (Fsp3) is 0.846. The Morgan fingerprint density at radius 2 is 2.00 bits per heavy atom. The van der Waals surface area contributed by atoms with Crippen LogP contribution in [0.3, 0.4) is 0 Å². The highest BCUT2D eigenvalue weighted by atomic mass is 16.2. The van der Waals surface area contributed by atoms with Crippen molar-refractivity contribution in [2.75, 3.05) is 26.2 Å². The van der Waals surface area contributed by atoms with Crippen LogP contribution >= 0.6 is 0 Å². The fourth-order valence-electron chi connectivity index (χ4n) is 1.86. The van der Waals surface area contributed by atoms with Crippen molar-refractivity contribution in [1.82, 2.24) is 16.0 Å². The number of hydrogen-bond donors (Lipinski definition) is 3. The third-order valence-corrected chi connectivity index (χ3v) is 3.13. The predicted octanol–water partition coefficient (Wildman–Crippen LogP) is 0.265. The van der Waals surface area contributed by atoms with Gasteiger partial charge in [0.25, 0.3) is 0 Å². The summed E-state index contributed by atoms with van der Waals surface area (Å²) in [5, 5.41) is 8.77. The molecule has 0 bridgehead atoms. The Morgan fingerprint density at radius 1 is 1.28 bits per heavy atom. The minimum absolute atomic E-state index is 0.0685. The van der Waals surface area contributed by atoms with Gasteiger partial charge in [-0.3, -0.25) is 9.59 Å². The van der Waals surface area contributed by atoms with E-state index in [1.165, 1.54) is 6.42 Å². The molecular weight excluding hydrogens is 230 g/mol. The van der Waals surface area contributed by atoms with E-state index in [0.717, 1.165) is 19.5 Å². The van der Waals surface area contributed by atoms with Gasteiger partial charge in [-0.05, 0) is 31.8 Å². The van der Waals surface area contributed by atoms with Crippen LogP contribution in [0, 0.1) is 11.3 Å². The average molecular weight is 255 g/mol. The molecular formula is C13H25N3O2. The molecule has 104 valence electrons. The molecule has 0 aromatic rings. The molecule has 1 aliphatic heterocycles. The molecule has 0 aromatic carbocycles. The maximum absolute atomic E-state index is 11.6. The molecule has 1 aliphatic rings. The quantitative estimate of drug-likeness (QED) is 0.660. The molecule has 2 amide bonds. The second-order valence-corrected chi connectivity index (χ2v) is 5.93. The first-order chi connectivity index (χ1) is 8.39. The topological polar surface area (TPSA) is 70.2 Å². The van der Waals surface area contributed by atoms with E-state index in [2.05, 4.69) is 16.0 Å². The molecule has 5 heteroatoms. The molecule has 1 fully saturated rings. The highest BCUT2D eigenvalue weighted by molar-refractivity contribution is 5.87. The van der Waals surface area contributed by atoms with Crippen LogP contribution in [-0.2, 0) is 9.59 Å². The molecule has 3 N–H and O–H groups in total. The van der Waals surface area contributed by atoms with Crippen LogP contribution in [0.15, 0.2) is 0 Å². The van der Waals surface area contributed by atoms with Gasteiger partial charge in [0, 0.05) is 12.0 Å². The van der Waals surface area contributed by atoms with Crippen LogP contribution in [0.4, 0.5) is 0 Å². The van der Waals surface area contributed by atoms with Crippen molar-refractivity contribution in [3.05, 3.63) is 0 Å². The third kappa shape index (κ3) is 5.49.